The Morgan fingerprint density at radius 3 is 2.84 bits per heavy atom. The van der Waals surface area contributed by atoms with E-state index in [0.717, 1.165) is 34.5 Å². The zero-order valence-corrected chi connectivity index (χ0v) is 21.7. The van der Waals surface area contributed by atoms with Gasteiger partial charge in [-0.3, -0.25) is 9.59 Å². The lowest BCUT2D eigenvalue weighted by atomic mass is 10.1. The van der Waals surface area contributed by atoms with Crippen molar-refractivity contribution < 1.29 is 9.59 Å². The number of hydrogen-bond donors (Lipinski definition) is 3. The number of nitrogen functional groups attached to an aromatic ring is 1. The van der Waals surface area contributed by atoms with Crippen molar-refractivity contribution in [2.24, 2.45) is 7.05 Å². The molecule has 0 spiro atoms. The quantitative estimate of drug-likeness (QED) is 0.350. The van der Waals surface area contributed by atoms with Crippen LogP contribution in [-0.2, 0) is 24.7 Å². The summed E-state index contributed by atoms with van der Waals surface area (Å²) < 4.78 is 1.96. The Hall–Kier alpha value is -4.61. The first-order chi connectivity index (χ1) is 18.3. The summed E-state index contributed by atoms with van der Waals surface area (Å²) in [7, 11) is 1.90. The summed E-state index contributed by atoms with van der Waals surface area (Å²) in [6.45, 7) is 2.48. The Labute approximate surface area is 225 Å². The average molecular weight is 525 g/mol. The number of aromatic nitrogens is 3. The Bertz CT molecular complexity index is 1650. The van der Waals surface area contributed by atoms with Gasteiger partial charge >= 0.3 is 0 Å². The van der Waals surface area contributed by atoms with Gasteiger partial charge in [0.2, 0.25) is 11.9 Å². The van der Waals surface area contributed by atoms with Crippen LogP contribution in [0.3, 0.4) is 0 Å². The first-order valence-corrected chi connectivity index (χ1v) is 12.4. The molecule has 190 valence electrons. The number of carbonyl (C=O) groups excluding carboxylic acids is 2. The molecule has 2 aromatic carbocycles. The summed E-state index contributed by atoms with van der Waals surface area (Å²) >= 11 is 6.07. The highest BCUT2D eigenvalue weighted by Crippen LogP contribution is 2.28. The molecule has 0 atom stereocenters. The van der Waals surface area contributed by atoms with Gasteiger partial charge in [-0.15, -0.1) is 0 Å². The van der Waals surface area contributed by atoms with Crippen LogP contribution >= 0.6 is 11.6 Å². The fourth-order valence-corrected chi connectivity index (χ4v) is 4.57. The molecule has 8 nitrogen and oxygen atoms in total. The van der Waals surface area contributed by atoms with Gasteiger partial charge in [0.15, 0.2) is 0 Å². The lowest BCUT2D eigenvalue weighted by Gasteiger charge is -2.14. The van der Waals surface area contributed by atoms with Crippen LogP contribution in [0.1, 0.15) is 38.3 Å². The highest BCUT2D eigenvalue weighted by molar-refractivity contribution is 6.31. The average Bonchev–Trinajstić information content (AvgIpc) is 3.23. The summed E-state index contributed by atoms with van der Waals surface area (Å²) in [6, 6.07) is 14.7. The van der Waals surface area contributed by atoms with Gasteiger partial charge in [-0.25, -0.2) is 9.97 Å². The minimum absolute atomic E-state index is 0.102. The van der Waals surface area contributed by atoms with Gasteiger partial charge in [-0.1, -0.05) is 35.6 Å². The van der Waals surface area contributed by atoms with Gasteiger partial charge in [0.1, 0.15) is 5.69 Å². The predicted octanol–water partition coefficient (Wildman–Crippen LogP) is 3.89. The maximum atomic E-state index is 12.6. The number of nitrogens with two attached hydrogens (primary N) is 1. The zero-order valence-electron chi connectivity index (χ0n) is 20.9. The maximum Gasteiger partial charge on any atom is 0.253 e. The Morgan fingerprint density at radius 2 is 2.05 bits per heavy atom. The van der Waals surface area contributed by atoms with Crippen molar-refractivity contribution >= 4 is 35.1 Å². The number of hydrogen-bond acceptors (Lipinski definition) is 5. The number of nitrogens with zero attached hydrogens (tertiary/aromatic N) is 3. The van der Waals surface area contributed by atoms with Gasteiger partial charge in [0, 0.05) is 48.2 Å². The van der Waals surface area contributed by atoms with Gasteiger partial charge in [0.05, 0.1) is 23.2 Å². The molecule has 0 saturated carbocycles. The van der Waals surface area contributed by atoms with Gasteiger partial charge in [-0.2, -0.15) is 0 Å². The second-order valence-corrected chi connectivity index (χ2v) is 9.49. The van der Waals surface area contributed by atoms with E-state index >= 15 is 0 Å². The summed E-state index contributed by atoms with van der Waals surface area (Å²) in [4.78, 5) is 33.5. The van der Waals surface area contributed by atoms with Crippen molar-refractivity contribution in [2.45, 2.75) is 19.8 Å². The lowest BCUT2D eigenvalue weighted by molar-refractivity contribution is -0.115. The smallest absolute Gasteiger partial charge is 0.253 e. The van der Waals surface area contributed by atoms with E-state index in [1.165, 1.54) is 0 Å². The molecule has 0 radical (unpaired) electrons. The van der Waals surface area contributed by atoms with E-state index in [1.807, 2.05) is 54.9 Å². The van der Waals surface area contributed by atoms with E-state index in [2.05, 4.69) is 32.4 Å². The molecule has 2 aromatic heterocycles. The van der Waals surface area contributed by atoms with E-state index in [4.69, 9.17) is 17.3 Å². The molecular weight excluding hydrogens is 500 g/mol. The molecule has 38 heavy (non-hydrogen) atoms. The third-order valence-electron chi connectivity index (χ3n) is 6.38. The number of carbonyl (C=O) groups is 2. The summed E-state index contributed by atoms with van der Waals surface area (Å²) in [6.07, 6.45) is 2.52. The van der Waals surface area contributed by atoms with Crippen LogP contribution in [0.15, 0.2) is 54.7 Å². The molecule has 5 rings (SSSR count). The molecular formula is C29H25ClN6O2. The molecule has 4 aromatic rings. The number of rotatable bonds is 4. The summed E-state index contributed by atoms with van der Waals surface area (Å²) in [5.41, 5.74) is 12.5. The normalized spacial score (nSPS) is 12.2. The van der Waals surface area contributed by atoms with Crippen molar-refractivity contribution in [1.82, 2.24) is 19.9 Å². The van der Waals surface area contributed by atoms with Gasteiger partial charge in [-0.05, 0) is 54.4 Å². The molecule has 0 saturated heterocycles. The molecule has 0 aliphatic carbocycles. The largest absolute Gasteiger partial charge is 0.368 e. The number of aryl methyl sites for hydroxylation is 1. The molecule has 2 amide bonds. The summed E-state index contributed by atoms with van der Waals surface area (Å²) in [5, 5.41) is 6.42. The molecule has 4 N–H and O–H groups in total. The second kappa shape index (κ2) is 10.4. The van der Waals surface area contributed by atoms with Crippen molar-refractivity contribution in [3.63, 3.8) is 0 Å². The number of nitrogens with one attached hydrogen (secondary N) is 2. The molecule has 3 heterocycles. The number of fused-ring (bicyclic) bond motifs is 1. The maximum absolute atomic E-state index is 12.6. The van der Waals surface area contributed by atoms with Crippen LogP contribution in [0.4, 0.5) is 11.6 Å². The van der Waals surface area contributed by atoms with E-state index in [0.29, 0.717) is 34.1 Å². The molecule has 0 unspecified atom stereocenters. The molecule has 0 fully saturated rings. The third kappa shape index (κ3) is 5.24. The number of amides is 2. The first-order valence-electron chi connectivity index (χ1n) is 12.0. The Morgan fingerprint density at radius 1 is 1.21 bits per heavy atom. The number of halogens is 1. The van der Waals surface area contributed by atoms with Crippen LogP contribution in [0.25, 0.3) is 11.4 Å². The van der Waals surface area contributed by atoms with E-state index in [9.17, 15) is 9.59 Å². The molecule has 9 heteroatoms. The van der Waals surface area contributed by atoms with Crippen LogP contribution in [0.5, 0.6) is 0 Å². The minimum Gasteiger partial charge on any atom is -0.368 e. The fourth-order valence-electron chi connectivity index (χ4n) is 4.45. The topological polar surface area (TPSA) is 115 Å². The Kier molecular flexibility index (Phi) is 6.86. The van der Waals surface area contributed by atoms with Crippen molar-refractivity contribution in [1.29, 1.82) is 0 Å². The number of benzene rings is 2. The summed E-state index contributed by atoms with van der Waals surface area (Å²) in [5.74, 6) is 6.19. The van der Waals surface area contributed by atoms with Gasteiger partial charge in [0.25, 0.3) is 5.91 Å². The highest BCUT2D eigenvalue weighted by atomic mass is 35.5. The fraction of sp³-hybridized carbons (Fsp3) is 0.172. The monoisotopic (exact) mass is 524 g/mol. The van der Waals surface area contributed by atoms with Crippen LogP contribution in [0.2, 0.25) is 5.02 Å². The predicted molar refractivity (Wildman–Crippen MR) is 148 cm³/mol. The second-order valence-electron chi connectivity index (χ2n) is 9.08. The third-order valence-corrected chi connectivity index (χ3v) is 6.80. The SMILES string of the molecule is Cc1cc(NC(=O)Cc2cccc(C#Cc3cnc(N)nc3-c3cc4c(n3C)CCNC4=O)c2)ccc1Cl. The van der Waals surface area contributed by atoms with Crippen molar-refractivity contribution in [3.8, 4) is 23.2 Å². The van der Waals surface area contributed by atoms with Crippen LogP contribution in [0, 0.1) is 18.8 Å². The molecule has 1 aliphatic rings. The van der Waals surface area contributed by atoms with Gasteiger partial charge < -0.3 is 20.9 Å². The zero-order chi connectivity index (χ0) is 26.8. The minimum atomic E-state index is -0.136. The van der Waals surface area contributed by atoms with Crippen LogP contribution in [-0.4, -0.2) is 32.9 Å². The van der Waals surface area contributed by atoms with E-state index in [1.54, 1.807) is 18.3 Å². The standard InChI is InChI=1S/C29H25ClN6O2/c1-17-12-21(8-9-23(17)30)34-26(37)14-19-5-3-4-18(13-19)6-7-20-16-33-29(31)35-27(20)25-15-22-24(36(25)2)10-11-32-28(22)38/h3-5,8-9,12-13,15-16H,10-11,14H2,1-2H3,(H,32,38)(H,34,37)(H2,31,33,35). The van der Waals surface area contributed by atoms with Crippen LogP contribution < -0.4 is 16.4 Å². The highest BCUT2D eigenvalue weighted by Gasteiger charge is 2.24. The first kappa shape index (κ1) is 25.1. The van der Waals surface area contributed by atoms with Crippen molar-refractivity contribution in [2.75, 3.05) is 17.6 Å². The molecule has 0 bridgehead atoms. The van der Waals surface area contributed by atoms with E-state index < -0.39 is 0 Å². The number of anilines is 2. The van der Waals surface area contributed by atoms with E-state index in [-0.39, 0.29) is 24.2 Å². The Balaban J connectivity index is 1.39. The van der Waals surface area contributed by atoms with Crippen molar-refractivity contribution in [3.05, 3.63) is 93.3 Å². The lowest BCUT2D eigenvalue weighted by Crippen LogP contribution is -2.31. The molecule has 1 aliphatic heterocycles.